The van der Waals surface area contributed by atoms with E-state index < -0.39 is 0 Å². The first kappa shape index (κ1) is 11.9. The van der Waals surface area contributed by atoms with Gasteiger partial charge in [0.2, 0.25) is 0 Å². The third kappa shape index (κ3) is 1.67. The van der Waals surface area contributed by atoms with Crippen LogP contribution in [0.15, 0.2) is 36.9 Å². The first-order chi connectivity index (χ1) is 10.9. The van der Waals surface area contributed by atoms with Gasteiger partial charge in [-0.05, 0) is 25.0 Å². The van der Waals surface area contributed by atoms with E-state index in [0.29, 0.717) is 5.92 Å². The monoisotopic (exact) mass is 290 g/mol. The minimum Gasteiger partial charge on any atom is -0.345 e. The summed E-state index contributed by atoms with van der Waals surface area (Å²) in [6.07, 6.45) is 11.2. The van der Waals surface area contributed by atoms with Gasteiger partial charge in [0.15, 0.2) is 5.65 Å². The Labute approximate surface area is 126 Å². The predicted octanol–water partition coefficient (Wildman–Crippen LogP) is 2.94. The van der Waals surface area contributed by atoms with Crippen molar-refractivity contribution < 1.29 is 0 Å². The van der Waals surface area contributed by atoms with Crippen LogP contribution in [-0.2, 0) is 0 Å². The van der Waals surface area contributed by atoms with E-state index >= 15 is 0 Å². The summed E-state index contributed by atoms with van der Waals surface area (Å²) >= 11 is 0. The van der Waals surface area contributed by atoms with E-state index in [1.54, 1.807) is 10.7 Å². The molecule has 4 aromatic rings. The highest BCUT2D eigenvalue weighted by Crippen LogP contribution is 2.35. The van der Waals surface area contributed by atoms with Crippen molar-refractivity contribution in [2.75, 3.05) is 0 Å². The molecular weight excluding hydrogens is 276 g/mol. The van der Waals surface area contributed by atoms with Gasteiger partial charge < -0.3 is 4.98 Å². The molecule has 0 aliphatic heterocycles. The number of nitrogens with one attached hydrogen (secondary N) is 1. The Hall–Kier alpha value is -2.76. The lowest BCUT2D eigenvalue weighted by Gasteiger charge is -2.23. The second-order valence-electron chi connectivity index (χ2n) is 5.77. The van der Waals surface area contributed by atoms with Gasteiger partial charge in [-0.15, -0.1) is 0 Å². The fourth-order valence-electron chi connectivity index (χ4n) is 2.95. The Morgan fingerprint density at radius 2 is 2.14 bits per heavy atom. The van der Waals surface area contributed by atoms with Crippen molar-refractivity contribution in [3.8, 4) is 11.3 Å². The van der Waals surface area contributed by atoms with Gasteiger partial charge in [-0.2, -0.15) is 5.10 Å². The topological polar surface area (TPSA) is 71.8 Å². The smallest absolute Gasteiger partial charge is 0.153 e. The molecule has 0 atom stereocenters. The minimum atomic E-state index is 0.538. The van der Waals surface area contributed by atoms with Crippen LogP contribution in [0.25, 0.3) is 27.9 Å². The maximum absolute atomic E-state index is 4.68. The van der Waals surface area contributed by atoms with Gasteiger partial charge in [-0.25, -0.2) is 19.5 Å². The molecule has 0 amide bonds. The van der Waals surface area contributed by atoms with Crippen LogP contribution in [-0.4, -0.2) is 29.5 Å². The fraction of sp³-hybridized carbons (Fsp3) is 0.250. The number of aromatic amines is 1. The van der Waals surface area contributed by atoms with Gasteiger partial charge >= 0.3 is 0 Å². The van der Waals surface area contributed by atoms with Crippen molar-refractivity contribution in [2.24, 2.45) is 0 Å². The lowest BCUT2D eigenvalue weighted by Crippen LogP contribution is -2.12. The Morgan fingerprint density at radius 3 is 3.00 bits per heavy atom. The molecule has 6 heteroatoms. The molecule has 0 aromatic carbocycles. The van der Waals surface area contributed by atoms with Crippen LogP contribution in [0.5, 0.6) is 0 Å². The summed E-state index contributed by atoms with van der Waals surface area (Å²) in [6.45, 7) is 0. The van der Waals surface area contributed by atoms with E-state index in [1.807, 2.05) is 30.7 Å². The van der Waals surface area contributed by atoms with Crippen molar-refractivity contribution in [3.05, 3.63) is 42.7 Å². The number of H-pyrrole nitrogens is 1. The normalized spacial score (nSPS) is 15.5. The average molecular weight is 290 g/mol. The Kier molecular flexibility index (Phi) is 2.35. The lowest BCUT2D eigenvalue weighted by molar-refractivity contribution is 0.402. The largest absolute Gasteiger partial charge is 0.345 e. The average Bonchev–Trinajstić information content (AvgIpc) is 3.10. The molecule has 22 heavy (non-hydrogen) atoms. The zero-order chi connectivity index (χ0) is 14.5. The summed E-state index contributed by atoms with van der Waals surface area (Å²) in [6, 6.07) is 3.94. The molecule has 0 unspecified atom stereocenters. The highest BCUT2D eigenvalue weighted by Gasteiger charge is 2.23. The molecule has 0 saturated heterocycles. The molecule has 0 radical (unpaired) electrons. The van der Waals surface area contributed by atoms with E-state index in [9.17, 15) is 0 Å². The molecule has 0 bridgehead atoms. The molecule has 4 heterocycles. The van der Waals surface area contributed by atoms with Crippen LogP contribution < -0.4 is 0 Å². The molecule has 0 spiro atoms. The summed E-state index contributed by atoms with van der Waals surface area (Å²) in [5.74, 6) is 1.50. The summed E-state index contributed by atoms with van der Waals surface area (Å²) in [5.41, 5.74) is 3.63. The SMILES string of the molecule is c1cn2nc(-c3c[nH]c4nc(C5CCC5)ncc34)ccc2n1. The van der Waals surface area contributed by atoms with Crippen molar-refractivity contribution in [2.45, 2.75) is 25.2 Å². The molecule has 1 saturated carbocycles. The lowest BCUT2D eigenvalue weighted by atomic mass is 9.85. The van der Waals surface area contributed by atoms with Gasteiger partial charge in [0.25, 0.3) is 0 Å². The maximum atomic E-state index is 4.68. The van der Waals surface area contributed by atoms with E-state index in [2.05, 4.69) is 25.0 Å². The Balaban J connectivity index is 1.64. The molecule has 1 fully saturated rings. The zero-order valence-electron chi connectivity index (χ0n) is 11.9. The molecule has 1 N–H and O–H groups in total. The number of nitrogens with zero attached hydrogens (tertiary/aromatic N) is 5. The summed E-state index contributed by atoms with van der Waals surface area (Å²) in [7, 11) is 0. The quantitative estimate of drug-likeness (QED) is 0.616. The van der Waals surface area contributed by atoms with Crippen LogP contribution in [0, 0.1) is 0 Å². The fourth-order valence-corrected chi connectivity index (χ4v) is 2.95. The van der Waals surface area contributed by atoms with Gasteiger partial charge in [0, 0.05) is 41.7 Å². The third-order valence-corrected chi connectivity index (χ3v) is 4.45. The first-order valence-corrected chi connectivity index (χ1v) is 7.53. The number of hydrogen-bond donors (Lipinski definition) is 1. The molecule has 5 rings (SSSR count). The van der Waals surface area contributed by atoms with Crippen LogP contribution >= 0.6 is 0 Å². The van der Waals surface area contributed by atoms with Gasteiger partial charge in [0.05, 0.1) is 5.69 Å². The number of aromatic nitrogens is 6. The molecule has 6 nitrogen and oxygen atoms in total. The Morgan fingerprint density at radius 1 is 1.18 bits per heavy atom. The highest BCUT2D eigenvalue weighted by atomic mass is 15.2. The zero-order valence-corrected chi connectivity index (χ0v) is 11.9. The van der Waals surface area contributed by atoms with Crippen molar-refractivity contribution >= 4 is 16.7 Å². The number of imidazole rings is 1. The molecular formula is C16H14N6. The van der Waals surface area contributed by atoms with Gasteiger partial charge in [-0.1, -0.05) is 6.42 Å². The number of fused-ring (bicyclic) bond motifs is 2. The van der Waals surface area contributed by atoms with E-state index in [-0.39, 0.29) is 0 Å². The van der Waals surface area contributed by atoms with E-state index in [1.165, 1.54) is 19.3 Å². The summed E-state index contributed by atoms with van der Waals surface area (Å²) in [5, 5.41) is 5.60. The van der Waals surface area contributed by atoms with Crippen LogP contribution in [0.2, 0.25) is 0 Å². The highest BCUT2D eigenvalue weighted by molar-refractivity contribution is 5.91. The summed E-state index contributed by atoms with van der Waals surface area (Å²) in [4.78, 5) is 16.7. The van der Waals surface area contributed by atoms with Crippen molar-refractivity contribution in [3.63, 3.8) is 0 Å². The molecule has 1 aliphatic carbocycles. The molecule has 108 valence electrons. The predicted molar refractivity (Wildman–Crippen MR) is 82.5 cm³/mol. The summed E-state index contributed by atoms with van der Waals surface area (Å²) < 4.78 is 1.78. The second kappa shape index (κ2) is 4.37. The number of hydrogen-bond acceptors (Lipinski definition) is 4. The third-order valence-electron chi connectivity index (χ3n) is 4.45. The van der Waals surface area contributed by atoms with Gasteiger partial charge in [0.1, 0.15) is 11.5 Å². The van der Waals surface area contributed by atoms with Gasteiger partial charge in [-0.3, -0.25) is 0 Å². The molecule has 1 aliphatic rings. The minimum absolute atomic E-state index is 0.538. The first-order valence-electron chi connectivity index (χ1n) is 7.53. The second-order valence-corrected chi connectivity index (χ2v) is 5.77. The standard InChI is InChI=1S/C16H14N6/c1-2-10(3-1)15-18-9-12-11(8-19-16(12)20-15)13-4-5-14-17-6-7-22(14)21-13/h4-10H,1-3H2,(H,18,19,20). The van der Waals surface area contributed by atoms with Crippen LogP contribution in [0.1, 0.15) is 31.0 Å². The van der Waals surface area contributed by atoms with Crippen molar-refractivity contribution in [1.82, 2.24) is 29.5 Å². The number of rotatable bonds is 2. The van der Waals surface area contributed by atoms with Crippen LogP contribution in [0.3, 0.4) is 0 Å². The van der Waals surface area contributed by atoms with Crippen molar-refractivity contribution in [1.29, 1.82) is 0 Å². The van der Waals surface area contributed by atoms with E-state index in [4.69, 9.17) is 0 Å². The van der Waals surface area contributed by atoms with Crippen LogP contribution in [0.4, 0.5) is 0 Å². The maximum Gasteiger partial charge on any atom is 0.153 e. The molecule has 4 aromatic heterocycles. The van der Waals surface area contributed by atoms with E-state index in [0.717, 1.165) is 33.8 Å². The Bertz CT molecular complexity index is 979.